The minimum absolute atomic E-state index is 0. The summed E-state index contributed by atoms with van der Waals surface area (Å²) in [4.78, 5) is 0. The first kappa shape index (κ1) is 15.6. The maximum Gasteiger partial charge on any atom is 3.00 e. The average molecular weight is 190 g/mol. The van der Waals surface area contributed by atoms with Crippen LogP contribution in [0.25, 0.3) is 0 Å². The van der Waals surface area contributed by atoms with Gasteiger partial charge in [0, 0.05) is 10.4 Å². The summed E-state index contributed by atoms with van der Waals surface area (Å²) >= 11 is 0. The third kappa shape index (κ3) is 337. The average Bonchev–Trinajstić information content (AvgIpc) is 0.722. The van der Waals surface area contributed by atoms with Crippen LogP contribution < -0.4 is 12.4 Å². The number of hydrogen-bond acceptors (Lipinski definition) is 4. The van der Waals surface area contributed by atoms with E-state index in [2.05, 4.69) is 0 Å². The van der Waals surface area contributed by atoms with Crippen LogP contribution in [0.1, 0.15) is 0 Å². The molecule has 0 aromatic heterocycles. The molecule has 1 radical (unpaired) electrons. The molecule has 0 N–H and O–H groups in total. The van der Waals surface area contributed by atoms with Crippen LogP contribution in [0.3, 0.4) is 0 Å². The van der Waals surface area contributed by atoms with Gasteiger partial charge in [-0.05, 0) is 0 Å². The molecule has 0 aromatic rings. The fourth-order valence-corrected chi connectivity index (χ4v) is 0. The Morgan fingerprint density at radius 2 is 1.14 bits per heavy atom. The van der Waals surface area contributed by atoms with Crippen molar-refractivity contribution in [3.63, 3.8) is 0 Å². The van der Waals surface area contributed by atoms with E-state index in [4.69, 9.17) is 17.5 Å². The van der Waals surface area contributed by atoms with Gasteiger partial charge in [0.1, 0.15) is 0 Å². The van der Waals surface area contributed by atoms with Crippen LogP contribution >= 0.6 is 0 Å². The summed E-state index contributed by atoms with van der Waals surface area (Å²) in [6.07, 6.45) is 0. The normalized spacial score (nSPS) is 8.29. The topological polar surface area (TPSA) is 80.3 Å². The zero-order valence-electron chi connectivity index (χ0n) is 2.74. The standard InChI is InChI=1S/ClH.Ni.H2O4S/c;;1-5(2,3)4/h1H;;(H2,1,2,3,4)/q;+3;/p-3. The van der Waals surface area contributed by atoms with Crippen LogP contribution in [0.15, 0.2) is 0 Å². The van der Waals surface area contributed by atoms with Crippen LogP contribution in [0.2, 0.25) is 0 Å². The minimum Gasteiger partial charge on any atom is -1.00 e. The maximum atomic E-state index is 8.52. The van der Waals surface area contributed by atoms with Crippen LogP contribution in [0.5, 0.6) is 0 Å². The molecule has 0 bridgehead atoms. The second-order valence-electron chi connectivity index (χ2n) is 0.408. The van der Waals surface area contributed by atoms with Gasteiger partial charge in [-0.1, -0.05) is 0 Å². The van der Waals surface area contributed by atoms with E-state index >= 15 is 0 Å². The van der Waals surface area contributed by atoms with E-state index in [1.165, 1.54) is 0 Å². The van der Waals surface area contributed by atoms with E-state index in [1.807, 2.05) is 0 Å². The molecule has 4 nitrogen and oxygen atoms in total. The molecule has 0 saturated heterocycles. The van der Waals surface area contributed by atoms with Crippen molar-refractivity contribution < 1.29 is 46.4 Å². The smallest absolute Gasteiger partial charge is 1.00 e. The molecule has 0 aliphatic carbocycles. The van der Waals surface area contributed by atoms with Crippen LogP contribution in [0, 0.1) is 0 Å². The van der Waals surface area contributed by atoms with Gasteiger partial charge in [0.05, 0.1) is 0 Å². The molecule has 0 spiro atoms. The Kier molecular flexibility index (Phi) is 10.7. The molecule has 0 aliphatic rings. The van der Waals surface area contributed by atoms with Crippen molar-refractivity contribution in [2.24, 2.45) is 0 Å². The van der Waals surface area contributed by atoms with Crippen molar-refractivity contribution in [2.75, 3.05) is 0 Å². The van der Waals surface area contributed by atoms with Crippen LogP contribution in [-0.2, 0) is 26.9 Å². The van der Waals surface area contributed by atoms with Gasteiger partial charge >= 0.3 is 16.5 Å². The van der Waals surface area contributed by atoms with Crippen molar-refractivity contribution >= 4 is 10.4 Å². The molecule has 7 heteroatoms. The van der Waals surface area contributed by atoms with Gasteiger partial charge in [0.25, 0.3) is 0 Å². The number of rotatable bonds is 0. The van der Waals surface area contributed by atoms with E-state index in [0.29, 0.717) is 0 Å². The van der Waals surface area contributed by atoms with Crippen molar-refractivity contribution in [3.05, 3.63) is 0 Å². The van der Waals surface area contributed by atoms with Crippen molar-refractivity contribution in [3.8, 4) is 0 Å². The Labute approximate surface area is 57.2 Å². The summed E-state index contributed by atoms with van der Waals surface area (Å²) in [5.74, 6) is 0. The van der Waals surface area contributed by atoms with E-state index in [-0.39, 0.29) is 28.9 Å². The summed E-state index contributed by atoms with van der Waals surface area (Å²) in [5.41, 5.74) is 0. The molecule has 47 valence electrons. The second-order valence-corrected chi connectivity index (χ2v) is 1.22. The Balaban J connectivity index is -0.0000000800. The summed E-state index contributed by atoms with van der Waals surface area (Å²) in [5, 5.41) is 0. The molecule has 0 fully saturated rings. The van der Waals surface area contributed by atoms with Gasteiger partial charge in [0.15, 0.2) is 0 Å². The van der Waals surface area contributed by atoms with Gasteiger partial charge in [-0.2, -0.15) is 0 Å². The Hall–Kier alpha value is 0.654. The largest absolute Gasteiger partial charge is 3.00 e. The van der Waals surface area contributed by atoms with Crippen molar-refractivity contribution in [1.82, 2.24) is 0 Å². The molecule has 0 rings (SSSR count). The summed E-state index contributed by atoms with van der Waals surface area (Å²) in [6.45, 7) is 0. The summed E-state index contributed by atoms with van der Waals surface area (Å²) < 4.78 is 34.1. The first-order valence-corrected chi connectivity index (χ1v) is 2.00. The zero-order chi connectivity index (χ0) is 4.50. The molecule has 0 aliphatic heterocycles. The van der Waals surface area contributed by atoms with E-state index < -0.39 is 10.4 Å². The molecule has 7 heavy (non-hydrogen) atoms. The second kappa shape index (κ2) is 4.80. The van der Waals surface area contributed by atoms with Gasteiger partial charge in [-0.25, -0.2) is 0 Å². The molecule has 0 unspecified atom stereocenters. The van der Waals surface area contributed by atoms with Crippen molar-refractivity contribution in [1.29, 1.82) is 0 Å². The number of hydrogen-bond donors (Lipinski definition) is 0. The molecule has 0 aromatic carbocycles. The molecular weight excluding hydrogens is 190 g/mol. The van der Waals surface area contributed by atoms with Gasteiger partial charge in [0.2, 0.25) is 0 Å². The monoisotopic (exact) mass is 189 g/mol. The van der Waals surface area contributed by atoms with Gasteiger partial charge < -0.3 is 21.5 Å². The Bertz CT molecular complexity index is 94.9. The third-order valence-corrected chi connectivity index (χ3v) is 0. The SMILES string of the molecule is O=S(=O)([O-])[O-].[Cl-].[Ni+3]. The molecule has 0 amide bonds. The van der Waals surface area contributed by atoms with Gasteiger partial charge in [-0.15, -0.1) is 0 Å². The van der Waals surface area contributed by atoms with Gasteiger partial charge in [-0.3, -0.25) is 8.42 Å². The Morgan fingerprint density at radius 3 is 1.14 bits per heavy atom. The maximum absolute atomic E-state index is 8.52. The van der Waals surface area contributed by atoms with Crippen LogP contribution in [0.4, 0.5) is 0 Å². The van der Waals surface area contributed by atoms with Crippen molar-refractivity contribution in [2.45, 2.75) is 0 Å². The predicted molar refractivity (Wildman–Crippen MR) is 10.5 cm³/mol. The number of halogens is 1. The Morgan fingerprint density at radius 1 is 1.14 bits per heavy atom. The first-order valence-electron chi connectivity index (χ1n) is 0.667. The molecule has 0 saturated carbocycles. The third-order valence-electron chi connectivity index (χ3n) is 0. The van der Waals surface area contributed by atoms with E-state index in [0.717, 1.165) is 0 Å². The van der Waals surface area contributed by atoms with E-state index in [1.54, 1.807) is 0 Å². The first-order chi connectivity index (χ1) is 2.00. The fourth-order valence-electron chi connectivity index (χ4n) is 0. The zero-order valence-corrected chi connectivity index (χ0v) is 5.30. The molecule has 0 atom stereocenters. The van der Waals surface area contributed by atoms with E-state index in [9.17, 15) is 0 Å². The molecular formula is ClNiO4S. The minimum atomic E-state index is -5.17. The fraction of sp³-hybridized carbons (Fsp3) is 0. The van der Waals surface area contributed by atoms with Crippen LogP contribution in [-0.4, -0.2) is 17.5 Å². The summed E-state index contributed by atoms with van der Waals surface area (Å²) in [7, 11) is -5.17. The quantitative estimate of drug-likeness (QED) is 0.220. The summed E-state index contributed by atoms with van der Waals surface area (Å²) in [6, 6.07) is 0. The predicted octanol–water partition coefficient (Wildman–Crippen LogP) is -4.34. The molecule has 0 heterocycles.